The van der Waals surface area contributed by atoms with E-state index in [1.54, 1.807) is 25.4 Å². The number of amides is 2. The number of alkyl halides is 3. The second-order valence-electron chi connectivity index (χ2n) is 5.48. The van der Waals surface area contributed by atoms with Crippen molar-refractivity contribution >= 4 is 11.7 Å². The number of aromatic nitrogens is 4. The summed E-state index contributed by atoms with van der Waals surface area (Å²) in [5, 5.41) is 5.96. The fourth-order valence-electron chi connectivity index (χ4n) is 2.14. The molecule has 11 heteroatoms. The van der Waals surface area contributed by atoms with Crippen LogP contribution in [0.25, 0.3) is 11.4 Å². The van der Waals surface area contributed by atoms with E-state index in [1.807, 2.05) is 0 Å². The lowest BCUT2D eigenvalue weighted by Crippen LogP contribution is -2.31. The maximum absolute atomic E-state index is 12.6. The zero-order valence-corrected chi connectivity index (χ0v) is 13.9. The second kappa shape index (κ2) is 7.40. The van der Waals surface area contributed by atoms with E-state index in [0.717, 1.165) is 0 Å². The van der Waals surface area contributed by atoms with Gasteiger partial charge in [0, 0.05) is 30.7 Å². The first-order valence-corrected chi connectivity index (χ1v) is 7.61. The molecular weight excluding hydrogens is 365 g/mol. The quantitative estimate of drug-likeness (QED) is 0.749. The topological polar surface area (TPSA) is 97.0 Å². The minimum Gasteiger partial charge on any atom is -0.329 e. The molecule has 0 saturated heterocycles. The summed E-state index contributed by atoms with van der Waals surface area (Å²) in [7, 11) is 1.57. The van der Waals surface area contributed by atoms with Gasteiger partial charge < -0.3 is 14.7 Å². The van der Waals surface area contributed by atoms with Crippen LogP contribution in [0.5, 0.6) is 0 Å². The lowest BCUT2D eigenvalue weighted by atomic mass is 10.2. The van der Waals surface area contributed by atoms with Gasteiger partial charge in [0.1, 0.15) is 0 Å². The van der Waals surface area contributed by atoms with Crippen LogP contribution >= 0.6 is 0 Å². The van der Waals surface area contributed by atoms with Gasteiger partial charge in [-0.25, -0.2) is 4.79 Å². The van der Waals surface area contributed by atoms with Gasteiger partial charge in [-0.05, 0) is 12.1 Å². The smallest absolute Gasteiger partial charge is 0.329 e. The van der Waals surface area contributed by atoms with Gasteiger partial charge in [-0.3, -0.25) is 9.97 Å². The van der Waals surface area contributed by atoms with Crippen molar-refractivity contribution in [1.82, 2.24) is 25.0 Å². The summed E-state index contributed by atoms with van der Waals surface area (Å²) in [6.45, 7) is 0.235. The monoisotopic (exact) mass is 378 g/mol. The van der Waals surface area contributed by atoms with Gasteiger partial charge in [0.2, 0.25) is 5.82 Å². The Morgan fingerprint density at radius 2 is 2.11 bits per heavy atom. The molecule has 0 fully saturated rings. The zero-order valence-electron chi connectivity index (χ0n) is 13.9. The first kappa shape index (κ1) is 18.3. The van der Waals surface area contributed by atoms with E-state index >= 15 is 0 Å². The molecule has 2 aromatic heterocycles. The SMILES string of the molecule is CN(Cc1cnccn1)C(=O)Nc1cccc(-c2noc(C(F)(F)F)n2)c1. The Labute approximate surface area is 151 Å². The maximum Gasteiger partial charge on any atom is 0.471 e. The van der Waals surface area contributed by atoms with E-state index in [4.69, 9.17) is 0 Å². The molecule has 0 unspecified atom stereocenters. The molecule has 1 aromatic carbocycles. The summed E-state index contributed by atoms with van der Waals surface area (Å²) in [5.41, 5.74) is 1.24. The third-order valence-electron chi connectivity index (χ3n) is 3.40. The van der Waals surface area contributed by atoms with E-state index in [1.165, 1.54) is 29.4 Å². The highest BCUT2D eigenvalue weighted by molar-refractivity contribution is 5.89. The predicted molar refractivity (Wildman–Crippen MR) is 87.3 cm³/mol. The molecule has 0 aliphatic heterocycles. The molecule has 0 aliphatic carbocycles. The Balaban J connectivity index is 1.70. The third kappa shape index (κ3) is 4.57. The van der Waals surface area contributed by atoms with Gasteiger partial charge in [-0.2, -0.15) is 18.2 Å². The van der Waals surface area contributed by atoms with Crippen LogP contribution in [0.15, 0.2) is 47.4 Å². The molecule has 1 N–H and O–H groups in total. The standard InChI is InChI=1S/C16H13F3N6O2/c1-25(9-12-8-20-5-6-21-12)15(26)22-11-4-2-3-10(7-11)13-23-14(27-24-13)16(17,18)19/h2-8H,9H2,1H3,(H,22,26). The van der Waals surface area contributed by atoms with Crippen molar-refractivity contribution in [3.8, 4) is 11.4 Å². The van der Waals surface area contributed by atoms with Gasteiger partial charge in [0.25, 0.3) is 0 Å². The Bertz CT molecular complexity index is 929. The number of nitrogens with one attached hydrogen (secondary N) is 1. The van der Waals surface area contributed by atoms with Gasteiger partial charge in [0.05, 0.1) is 18.4 Å². The molecule has 0 spiro atoms. The lowest BCUT2D eigenvalue weighted by Gasteiger charge is -2.17. The van der Waals surface area contributed by atoms with E-state index in [0.29, 0.717) is 11.4 Å². The number of anilines is 1. The number of halogens is 3. The zero-order chi connectivity index (χ0) is 19.4. The largest absolute Gasteiger partial charge is 0.471 e. The molecule has 0 saturated carbocycles. The fourth-order valence-corrected chi connectivity index (χ4v) is 2.14. The van der Waals surface area contributed by atoms with E-state index in [9.17, 15) is 18.0 Å². The Hall–Kier alpha value is -3.50. The highest BCUT2D eigenvalue weighted by Crippen LogP contribution is 2.29. The van der Waals surface area contributed by atoms with E-state index in [2.05, 4.69) is 29.9 Å². The third-order valence-corrected chi connectivity index (χ3v) is 3.40. The van der Waals surface area contributed by atoms with Crippen LogP contribution in [0.4, 0.5) is 23.7 Å². The van der Waals surface area contributed by atoms with Crippen LogP contribution in [-0.2, 0) is 12.7 Å². The molecule has 2 heterocycles. The van der Waals surface area contributed by atoms with Crippen molar-refractivity contribution in [3.05, 3.63) is 54.4 Å². The molecule has 8 nitrogen and oxygen atoms in total. The summed E-state index contributed by atoms with van der Waals surface area (Å²) in [5.74, 6) is -1.66. The Kier molecular flexibility index (Phi) is 5.01. The first-order chi connectivity index (χ1) is 12.8. The number of carbonyl (C=O) groups is 1. The fraction of sp³-hybridized carbons (Fsp3) is 0.188. The average molecular weight is 378 g/mol. The number of carbonyl (C=O) groups excluding carboxylic acids is 1. The summed E-state index contributed by atoms with van der Waals surface area (Å²) < 4.78 is 41.9. The molecule has 3 aromatic rings. The molecule has 0 aliphatic rings. The van der Waals surface area contributed by atoms with Gasteiger partial charge >= 0.3 is 18.1 Å². The highest BCUT2D eigenvalue weighted by atomic mass is 19.4. The highest BCUT2D eigenvalue weighted by Gasteiger charge is 2.38. The van der Waals surface area contributed by atoms with Crippen LogP contribution in [0.3, 0.4) is 0 Å². The van der Waals surface area contributed by atoms with Crippen molar-refractivity contribution < 1.29 is 22.5 Å². The number of benzene rings is 1. The summed E-state index contributed by atoms with van der Waals surface area (Å²) in [4.78, 5) is 25.0. The van der Waals surface area contributed by atoms with Crippen LogP contribution in [0.1, 0.15) is 11.6 Å². The van der Waals surface area contributed by atoms with Crippen LogP contribution in [0.2, 0.25) is 0 Å². The van der Waals surface area contributed by atoms with Gasteiger partial charge in [0.15, 0.2) is 0 Å². The summed E-state index contributed by atoms with van der Waals surface area (Å²) in [6.07, 6.45) is -0.138. The van der Waals surface area contributed by atoms with Crippen LogP contribution in [-0.4, -0.2) is 38.1 Å². The molecule has 0 radical (unpaired) electrons. The average Bonchev–Trinajstić information content (AvgIpc) is 3.13. The predicted octanol–water partition coefficient (Wildman–Crippen LogP) is 3.21. The minimum atomic E-state index is -4.72. The number of hydrogen-bond acceptors (Lipinski definition) is 6. The molecule has 2 amide bonds. The van der Waals surface area contributed by atoms with Crippen molar-refractivity contribution in [3.63, 3.8) is 0 Å². The van der Waals surface area contributed by atoms with Crippen molar-refractivity contribution in [1.29, 1.82) is 0 Å². The molecule has 0 atom stereocenters. The summed E-state index contributed by atoms with van der Waals surface area (Å²) >= 11 is 0. The normalized spacial score (nSPS) is 11.3. The Morgan fingerprint density at radius 1 is 1.30 bits per heavy atom. The van der Waals surface area contributed by atoms with Crippen LogP contribution < -0.4 is 5.32 Å². The van der Waals surface area contributed by atoms with E-state index < -0.39 is 18.1 Å². The molecule has 140 valence electrons. The molecular formula is C16H13F3N6O2. The lowest BCUT2D eigenvalue weighted by molar-refractivity contribution is -0.159. The molecule has 0 bridgehead atoms. The van der Waals surface area contributed by atoms with Gasteiger partial charge in [-0.15, -0.1) is 0 Å². The maximum atomic E-state index is 12.6. The van der Waals surface area contributed by atoms with Crippen molar-refractivity contribution in [2.45, 2.75) is 12.7 Å². The number of rotatable bonds is 4. The van der Waals surface area contributed by atoms with Gasteiger partial charge in [-0.1, -0.05) is 17.3 Å². The van der Waals surface area contributed by atoms with E-state index in [-0.39, 0.29) is 17.9 Å². The molecule has 27 heavy (non-hydrogen) atoms. The second-order valence-corrected chi connectivity index (χ2v) is 5.48. The number of nitrogens with zero attached hydrogens (tertiary/aromatic N) is 5. The summed E-state index contributed by atoms with van der Waals surface area (Å²) in [6, 6.07) is 5.66. The Morgan fingerprint density at radius 3 is 2.78 bits per heavy atom. The first-order valence-electron chi connectivity index (χ1n) is 7.61. The molecule has 3 rings (SSSR count). The minimum absolute atomic E-state index is 0.230. The number of urea groups is 1. The number of hydrogen-bond donors (Lipinski definition) is 1. The van der Waals surface area contributed by atoms with Crippen molar-refractivity contribution in [2.75, 3.05) is 12.4 Å². The van der Waals surface area contributed by atoms with Crippen molar-refractivity contribution in [2.24, 2.45) is 0 Å². The van der Waals surface area contributed by atoms with Crippen LogP contribution in [0, 0.1) is 0 Å².